The number of halogens is 2. The van der Waals surface area contributed by atoms with Crippen molar-refractivity contribution in [1.29, 1.82) is 5.26 Å². The van der Waals surface area contributed by atoms with Gasteiger partial charge in [-0.3, -0.25) is 0 Å². The molecule has 0 spiro atoms. The minimum absolute atomic E-state index is 0.135. The molecule has 0 fully saturated rings. The Kier molecular flexibility index (Phi) is 4.60. The Morgan fingerprint density at radius 1 is 1.04 bits per heavy atom. The van der Waals surface area contributed by atoms with Crippen molar-refractivity contribution >= 4 is 22.4 Å². The fraction of sp³-hybridized carbons (Fsp3) is 0.0476. The van der Waals surface area contributed by atoms with Gasteiger partial charge in [-0.2, -0.15) is 5.26 Å². The van der Waals surface area contributed by atoms with E-state index in [0.717, 1.165) is 16.6 Å². The summed E-state index contributed by atoms with van der Waals surface area (Å²) >= 11 is 0. The van der Waals surface area contributed by atoms with Crippen LogP contribution in [0.4, 0.5) is 20.3 Å². The van der Waals surface area contributed by atoms with Crippen molar-refractivity contribution in [2.24, 2.45) is 0 Å². The smallest absolute Gasteiger partial charge is 0.263 e. The zero-order valence-corrected chi connectivity index (χ0v) is 14.5. The van der Waals surface area contributed by atoms with E-state index in [1.807, 2.05) is 36.5 Å². The Morgan fingerprint density at radius 3 is 2.75 bits per heavy atom. The Bertz CT molecular complexity index is 1180. The summed E-state index contributed by atoms with van der Waals surface area (Å²) in [7, 11) is 0. The van der Waals surface area contributed by atoms with E-state index in [0.29, 0.717) is 11.6 Å². The summed E-state index contributed by atoms with van der Waals surface area (Å²) in [6.45, 7) is 0. The van der Waals surface area contributed by atoms with Crippen LogP contribution >= 0.6 is 0 Å². The van der Waals surface area contributed by atoms with Crippen LogP contribution in [0.3, 0.4) is 0 Å². The minimum Gasteiger partial charge on any atom is -0.457 e. The highest BCUT2D eigenvalue weighted by Gasteiger charge is 2.10. The van der Waals surface area contributed by atoms with Crippen molar-refractivity contribution in [3.63, 3.8) is 0 Å². The number of alkyl halides is 2. The van der Waals surface area contributed by atoms with Gasteiger partial charge in [-0.25, -0.2) is 13.8 Å². The normalized spacial score (nSPS) is 10.8. The lowest BCUT2D eigenvalue weighted by Crippen LogP contribution is -1.97. The molecule has 0 amide bonds. The average Bonchev–Trinajstić information content (AvgIpc) is 3.16. The number of ether oxygens (including phenoxy) is 1. The van der Waals surface area contributed by atoms with Crippen molar-refractivity contribution in [2.45, 2.75) is 6.43 Å². The van der Waals surface area contributed by atoms with Crippen molar-refractivity contribution in [1.82, 2.24) is 9.97 Å². The second-order valence-corrected chi connectivity index (χ2v) is 6.07. The average molecular weight is 376 g/mol. The zero-order chi connectivity index (χ0) is 19.5. The lowest BCUT2D eigenvalue weighted by molar-refractivity contribution is 0.151. The summed E-state index contributed by atoms with van der Waals surface area (Å²) in [5, 5.41) is 13.5. The fourth-order valence-corrected chi connectivity index (χ4v) is 2.81. The number of H-pyrrole nitrogens is 1. The molecular weight excluding hydrogens is 362 g/mol. The van der Waals surface area contributed by atoms with Gasteiger partial charge in [-0.15, -0.1) is 0 Å². The molecule has 0 aliphatic heterocycles. The molecule has 0 atom stereocenters. The van der Waals surface area contributed by atoms with Gasteiger partial charge in [0.25, 0.3) is 6.43 Å². The van der Waals surface area contributed by atoms with E-state index in [2.05, 4.69) is 15.3 Å². The van der Waals surface area contributed by atoms with Gasteiger partial charge in [-0.05, 0) is 35.7 Å². The standard InChI is InChI=1S/C21H14F2N4O/c22-21(23)14-2-1-3-17(8-14)28-18-9-16(12-24)27-20(11-18)26-15-5-4-13-6-7-25-19(13)10-15/h1-11,21,25H,(H,26,27). The van der Waals surface area contributed by atoms with Gasteiger partial charge in [0.05, 0.1) is 0 Å². The molecule has 5 nitrogen and oxygen atoms in total. The lowest BCUT2D eigenvalue weighted by atomic mass is 10.2. The van der Waals surface area contributed by atoms with Gasteiger partial charge in [-0.1, -0.05) is 18.2 Å². The molecule has 0 saturated carbocycles. The predicted molar refractivity (Wildman–Crippen MR) is 102 cm³/mol. The summed E-state index contributed by atoms with van der Waals surface area (Å²) in [5.41, 5.74) is 1.75. The Hall–Kier alpha value is -3.92. The second-order valence-electron chi connectivity index (χ2n) is 6.07. The molecular formula is C21H14F2N4O. The number of nitriles is 1. The summed E-state index contributed by atoms with van der Waals surface area (Å²) in [4.78, 5) is 7.35. The van der Waals surface area contributed by atoms with E-state index in [1.54, 1.807) is 12.1 Å². The molecule has 2 aromatic carbocycles. The number of benzene rings is 2. The SMILES string of the molecule is N#Cc1cc(Oc2cccc(C(F)F)c2)cc(Nc2ccc3cc[nH]c3c2)n1. The monoisotopic (exact) mass is 376 g/mol. The molecule has 2 aromatic heterocycles. The van der Waals surface area contributed by atoms with Crippen LogP contribution in [0, 0.1) is 11.3 Å². The Morgan fingerprint density at radius 2 is 1.93 bits per heavy atom. The quantitative estimate of drug-likeness (QED) is 0.454. The molecule has 4 rings (SSSR count). The number of rotatable bonds is 5. The van der Waals surface area contributed by atoms with Crippen LogP contribution in [0.25, 0.3) is 10.9 Å². The maximum absolute atomic E-state index is 12.9. The van der Waals surface area contributed by atoms with E-state index in [4.69, 9.17) is 4.74 Å². The van der Waals surface area contributed by atoms with Gasteiger partial charge in [0, 0.05) is 35.1 Å². The maximum Gasteiger partial charge on any atom is 0.263 e. The summed E-state index contributed by atoms with van der Waals surface area (Å²) < 4.78 is 31.4. The fourth-order valence-electron chi connectivity index (χ4n) is 2.81. The van der Waals surface area contributed by atoms with Crippen LogP contribution in [-0.4, -0.2) is 9.97 Å². The first-order valence-corrected chi connectivity index (χ1v) is 8.43. The number of anilines is 2. The second kappa shape index (κ2) is 7.37. The number of aromatic nitrogens is 2. The van der Waals surface area contributed by atoms with Gasteiger partial charge in [0.2, 0.25) is 0 Å². The number of hydrogen-bond acceptors (Lipinski definition) is 4. The van der Waals surface area contributed by atoms with Crippen LogP contribution < -0.4 is 10.1 Å². The number of hydrogen-bond donors (Lipinski definition) is 2. The number of pyridine rings is 1. The van der Waals surface area contributed by atoms with Gasteiger partial charge in [0.1, 0.15) is 29.1 Å². The van der Waals surface area contributed by atoms with Gasteiger partial charge >= 0.3 is 0 Å². The van der Waals surface area contributed by atoms with E-state index in [1.165, 1.54) is 24.3 Å². The third kappa shape index (κ3) is 3.76. The van der Waals surface area contributed by atoms with Gasteiger partial charge in [0.15, 0.2) is 0 Å². The highest BCUT2D eigenvalue weighted by Crippen LogP contribution is 2.29. The number of aromatic amines is 1. The van der Waals surface area contributed by atoms with E-state index >= 15 is 0 Å². The Balaban J connectivity index is 1.62. The van der Waals surface area contributed by atoms with Crippen molar-refractivity contribution in [2.75, 3.05) is 5.32 Å². The molecule has 138 valence electrons. The largest absolute Gasteiger partial charge is 0.457 e. The van der Waals surface area contributed by atoms with E-state index in [9.17, 15) is 14.0 Å². The maximum atomic E-state index is 12.9. The van der Waals surface area contributed by atoms with Crippen molar-refractivity contribution in [3.05, 3.63) is 78.1 Å². The molecule has 0 aliphatic carbocycles. The molecule has 0 unspecified atom stereocenters. The molecule has 0 aliphatic rings. The lowest BCUT2D eigenvalue weighted by Gasteiger charge is -2.11. The molecule has 2 N–H and O–H groups in total. The molecule has 2 heterocycles. The summed E-state index contributed by atoms with van der Waals surface area (Å²) in [6.07, 6.45) is -0.738. The minimum atomic E-state index is -2.59. The van der Waals surface area contributed by atoms with Crippen LogP contribution in [0.5, 0.6) is 11.5 Å². The van der Waals surface area contributed by atoms with E-state index in [-0.39, 0.29) is 17.0 Å². The van der Waals surface area contributed by atoms with Crippen molar-refractivity contribution < 1.29 is 13.5 Å². The first kappa shape index (κ1) is 17.5. The predicted octanol–water partition coefficient (Wildman–Crippen LogP) is 5.91. The van der Waals surface area contributed by atoms with Crippen LogP contribution in [0.2, 0.25) is 0 Å². The zero-order valence-electron chi connectivity index (χ0n) is 14.5. The van der Waals surface area contributed by atoms with Crippen molar-refractivity contribution in [3.8, 4) is 17.6 Å². The highest BCUT2D eigenvalue weighted by molar-refractivity contribution is 5.83. The van der Waals surface area contributed by atoms with Gasteiger partial charge < -0.3 is 15.0 Å². The number of nitrogens with zero attached hydrogens (tertiary/aromatic N) is 2. The molecule has 7 heteroatoms. The first-order valence-electron chi connectivity index (χ1n) is 8.43. The molecule has 0 radical (unpaired) electrons. The number of nitrogens with one attached hydrogen (secondary N) is 2. The third-order valence-electron chi connectivity index (χ3n) is 4.09. The number of fused-ring (bicyclic) bond motifs is 1. The molecule has 28 heavy (non-hydrogen) atoms. The molecule has 0 bridgehead atoms. The topological polar surface area (TPSA) is 73.7 Å². The summed E-state index contributed by atoms with van der Waals surface area (Å²) in [6, 6.07) is 18.4. The highest BCUT2D eigenvalue weighted by atomic mass is 19.3. The van der Waals surface area contributed by atoms with Crippen LogP contribution in [0.15, 0.2) is 66.9 Å². The molecule has 4 aromatic rings. The third-order valence-corrected chi connectivity index (χ3v) is 4.09. The van der Waals surface area contributed by atoms with Crippen LogP contribution in [0.1, 0.15) is 17.7 Å². The first-order chi connectivity index (χ1) is 13.6. The Labute approximate surface area is 159 Å². The van der Waals surface area contributed by atoms with Crippen LogP contribution in [-0.2, 0) is 0 Å². The summed E-state index contributed by atoms with van der Waals surface area (Å²) in [5.74, 6) is 0.984. The molecule has 0 saturated heterocycles. The van der Waals surface area contributed by atoms with E-state index < -0.39 is 6.43 Å².